The molecule has 0 amide bonds. The number of nitrogens with zero attached hydrogens (tertiary/aromatic N) is 2. The van der Waals surface area contributed by atoms with Gasteiger partial charge in [0.1, 0.15) is 11.7 Å². The summed E-state index contributed by atoms with van der Waals surface area (Å²) in [6.45, 7) is 2.23. The van der Waals surface area contributed by atoms with Gasteiger partial charge in [-0.25, -0.2) is 4.39 Å². The number of hydrazone groups is 1. The van der Waals surface area contributed by atoms with Crippen molar-refractivity contribution in [2.75, 3.05) is 0 Å². The fourth-order valence-electron chi connectivity index (χ4n) is 2.97. The molecule has 4 nitrogen and oxygen atoms in total. The number of hydrogen-bond acceptors (Lipinski definition) is 3. The van der Waals surface area contributed by atoms with Gasteiger partial charge in [-0.3, -0.25) is 9.80 Å². The van der Waals surface area contributed by atoms with Gasteiger partial charge in [0.15, 0.2) is 0 Å². The van der Waals surface area contributed by atoms with Gasteiger partial charge in [0.2, 0.25) is 0 Å². The first-order valence-corrected chi connectivity index (χ1v) is 7.40. The molecule has 0 bridgehead atoms. The molecule has 0 spiro atoms. The van der Waals surface area contributed by atoms with Crippen LogP contribution in [0.5, 0.6) is 0 Å². The summed E-state index contributed by atoms with van der Waals surface area (Å²) in [5, 5.41) is 15.8. The Kier molecular flexibility index (Phi) is 4.10. The van der Waals surface area contributed by atoms with Crippen molar-refractivity contribution in [3.8, 4) is 0 Å². The van der Waals surface area contributed by atoms with E-state index in [1.165, 1.54) is 12.1 Å². The zero-order valence-corrected chi connectivity index (χ0v) is 12.7. The molecule has 3 rings (SSSR count). The number of carboxylic acids is 1. The zero-order valence-electron chi connectivity index (χ0n) is 12.7. The van der Waals surface area contributed by atoms with E-state index in [0.717, 1.165) is 11.1 Å². The number of halogens is 1. The molecule has 0 saturated carbocycles. The van der Waals surface area contributed by atoms with Crippen LogP contribution in [0.3, 0.4) is 0 Å². The molecule has 0 aromatic heterocycles. The molecule has 1 N–H and O–H groups in total. The second-order valence-electron chi connectivity index (χ2n) is 5.64. The smallest absolute Gasteiger partial charge is 0.314 e. The van der Waals surface area contributed by atoms with Crippen molar-refractivity contribution in [1.82, 2.24) is 5.01 Å². The highest BCUT2D eigenvalue weighted by atomic mass is 19.1. The quantitative estimate of drug-likeness (QED) is 0.940. The SMILES string of the molecule is CC1=NN(Cc2ccccc2)C(c2ccc(F)cc2)C1C(=O)O. The molecule has 1 aliphatic heterocycles. The molecule has 2 unspecified atom stereocenters. The summed E-state index contributed by atoms with van der Waals surface area (Å²) in [4.78, 5) is 11.7. The van der Waals surface area contributed by atoms with Crippen LogP contribution >= 0.6 is 0 Å². The normalized spacial score (nSPS) is 20.4. The highest BCUT2D eigenvalue weighted by Gasteiger charge is 2.41. The molecule has 0 aliphatic carbocycles. The molecule has 23 heavy (non-hydrogen) atoms. The van der Waals surface area contributed by atoms with Crippen molar-refractivity contribution in [3.63, 3.8) is 0 Å². The van der Waals surface area contributed by atoms with Gasteiger partial charge in [-0.15, -0.1) is 0 Å². The molecule has 2 atom stereocenters. The predicted octanol–water partition coefficient (Wildman–Crippen LogP) is 3.46. The molecule has 2 aromatic carbocycles. The maximum absolute atomic E-state index is 13.2. The molecule has 1 heterocycles. The molecular weight excluding hydrogens is 295 g/mol. The molecule has 1 aliphatic rings. The minimum Gasteiger partial charge on any atom is -0.481 e. The van der Waals surface area contributed by atoms with Gasteiger partial charge in [-0.1, -0.05) is 42.5 Å². The average molecular weight is 312 g/mol. The second kappa shape index (κ2) is 6.20. The second-order valence-corrected chi connectivity index (χ2v) is 5.64. The Morgan fingerprint density at radius 2 is 1.83 bits per heavy atom. The summed E-state index contributed by atoms with van der Waals surface area (Å²) in [6.07, 6.45) is 0. The predicted molar refractivity (Wildman–Crippen MR) is 85.4 cm³/mol. The van der Waals surface area contributed by atoms with E-state index in [1.54, 1.807) is 24.1 Å². The molecule has 2 aromatic rings. The molecular formula is C18H17FN2O2. The van der Waals surface area contributed by atoms with Crippen LogP contribution in [0.1, 0.15) is 24.1 Å². The Bertz CT molecular complexity index is 728. The first-order chi connectivity index (χ1) is 11.1. The average Bonchev–Trinajstić information content (AvgIpc) is 2.85. The van der Waals surface area contributed by atoms with Crippen molar-refractivity contribution < 1.29 is 14.3 Å². The van der Waals surface area contributed by atoms with Gasteiger partial charge >= 0.3 is 5.97 Å². The number of carboxylic acid groups (broad SMARTS) is 1. The van der Waals surface area contributed by atoms with Crippen molar-refractivity contribution in [2.45, 2.75) is 19.5 Å². The maximum Gasteiger partial charge on any atom is 0.314 e. The molecule has 5 heteroatoms. The van der Waals surface area contributed by atoms with Gasteiger partial charge in [-0.05, 0) is 30.2 Å². The molecule has 0 radical (unpaired) electrons. The summed E-state index contributed by atoms with van der Waals surface area (Å²) in [5.41, 5.74) is 2.35. The highest BCUT2D eigenvalue weighted by molar-refractivity contribution is 6.02. The fourth-order valence-corrected chi connectivity index (χ4v) is 2.97. The Labute approximate surface area is 133 Å². The lowest BCUT2D eigenvalue weighted by Crippen LogP contribution is -2.30. The lowest BCUT2D eigenvalue weighted by atomic mass is 9.90. The number of aliphatic carboxylic acids is 1. The first-order valence-electron chi connectivity index (χ1n) is 7.40. The van der Waals surface area contributed by atoms with E-state index in [9.17, 15) is 14.3 Å². The van der Waals surface area contributed by atoms with Crippen LogP contribution in [0.2, 0.25) is 0 Å². The largest absolute Gasteiger partial charge is 0.481 e. The molecule has 0 fully saturated rings. The third-order valence-electron chi connectivity index (χ3n) is 4.04. The maximum atomic E-state index is 13.2. The van der Waals surface area contributed by atoms with Crippen LogP contribution in [0.4, 0.5) is 4.39 Å². The van der Waals surface area contributed by atoms with Crippen molar-refractivity contribution in [1.29, 1.82) is 0 Å². The first kappa shape index (κ1) is 15.2. The van der Waals surface area contributed by atoms with Gasteiger partial charge in [0.25, 0.3) is 0 Å². The van der Waals surface area contributed by atoms with Gasteiger partial charge < -0.3 is 5.11 Å². The zero-order chi connectivity index (χ0) is 16.4. The lowest BCUT2D eigenvalue weighted by Gasteiger charge is -2.27. The van der Waals surface area contributed by atoms with Crippen LogP contribution in [-0.4, -0.2) is 21.8 Å². The van der Waals surface area contributed by atoms with E-state index in [-0.39, 0.29) is 5.82 Å². The van der Waals surface area contributed by atoms with Crippen molar-refractivity contribution in [2.24, 2.45) is 11.0 Å². The summed E-state index contributed by atoms with van der Waals surface area (Å²) in [7, 11) is 0. The number of hydrogen-bond donors (Lipinski definition) is 1. The lowest BCUT2D eigenvalue weighted by molar-refractivity contribution is -0.140. The van der Waals surface area contributed by atoms with Crippen LogP contribution in [-0.2, 0) is 11.3 Å². The van der Waals surface area contributed by atoms with E-state index in [2.05, 4.69) is 5.10 Å². The third-order valence-corrected chi connectivity index (χ3v) is 4.04. The summed E-state index contributed by atoms with van der Waals surface area (Å²) in [6, 6.07) is 15.3. The van der Waals surface area contributed by atoms with E-state index < -0.39 is 17.9 Å². The van der Waals surface area contributed by atoms with E-state index in [1.807, 2.05) is 30.3 Å². The van der Waals surface area contributed by atoms with Crippen LogP contribution in [0, 0.1) is 11.7 Å². The van der Waals surface area contributed by atoms with Gasteiger partial charge in [-0.2, -0.15) is 5.10 Å². The monoisotopic (exact) mass is 312 g/mol. The van der Waals surface area contributed by atoms with E-state index in [0.29, 0.717) is 12.3 Å². The van der Waals surface area contributed by atoms with Crippen molar-refractivity contribution in [3.05, 3.63) is 71.5 Å². The van der Waals surface area contributed by atoms with Gasteiger partial charge in [0, 0.05) is 0 Å². The Morgan fingerprint density at radius 1 is 1.17 bits per heavy atom. The standard InChI is InChI=1S/C18H17FN2O2/c1-12-16(18(22)23)17(14-7-9-15(19)10-8-14)21(20-12)11-13-5-3-2-4-6-13/h2-10,16-17H,11H2,1H3,(H,22,23). The topological polar surface area (TPSA) is 52.9 Å². The Hall–Kier alpha value is -2.69. The van der Waals surface area contributed by atoms with Crippen LogP contribution in [0.15, 0.2) is 59.7 Å². The molecule has 0 saturated heterocycles. The summed E-state index contributed by atoms with van der Waals surface area (Å²) >= 11 is 0. The Morgan fingerprint density at radius 3 is 2.43 bits per heavy atom. The van der Waals surface area contributed by atoms with E-state index in [4.69, 9.17) is 0 Å². The van der Waals surface area contributed by atoms with Crippen LogP contribution in [0.25, 0.3) is 0 Å². The minimum atomic E-state index is -0.920. The van der Waals surface area contributed by atoms with Crippen LogP contribution < -0.4 is 0 Å². The van der Waals surface area contributed by atoms with Crippen molar-refractivity contribution >= 4 is 11.7 Å². The fraction of sp³-hybridized carbons (Fsp3) is 0.222. The van der Waals surface area contributed by atoms with Gasteiger partial charge in [0.05, 0.1) is 18.3 Å². The highest BCUT2D eigenvalue weighted by Crippen LogP contribution is 2.37. The van der Waals surface area contributed by atoms with E-state index >= 15 is 0 Å². The third kappa shape index (κ3) is 3.08. The number of carbonyl (C=O) groups is 1. The summed E-state index contributed by atoms with van der Waals surface area (Å²) in [5.74, 6) is -1.99. The minimum absolute atomic E-state index is 0.342. The molecule has 118 valence electrons. The summed E-state index contributed by atoms with van der Waals surface area (Å²) < 4.78 is 13.2. The number of benzene rings is 2. The number of rotatable bonds is 4. The Balaban J connectivity index is 1.95.